The Bertz CT molecular complexity index is 1230. The van der Waals surface area contributed by atoms with Crippen LogP contribution in [0.25, 0.3) is 33.2 Å². The third-order valence-corrected chi connectivity index (χ3v) is 6.08. The molecule has 0 amide bonds. The molecule has 0 bridgehead atoms. The first kappa shape index (κ1) is 17.7. The van der Waals surface area contributed by atoms with E-state index in [0.717, 1.165) is 28.1 Å². The number of methoxy groups -OCH3 is 2. The first-order chi connectivity index (χ1) is 14.0. The number of ether oxygens (including phenoxy) is 2. The molecule has 0 saturated carbocycles. The van der Waals surface area contributed by atoms with Crippen LogP contribution in [0, 0.1) is 0 Å². The summed E-state index contributed by atoms with van der Waals surface area (Å²) in [4.78, 5) is 4.56. The summed E-state index contributed by atoms with van der Waals surface area (Å²) in [5.74, 6) is 1.58. The van der Waals surface area contributed by atoms with Crippen LogP contribution in [0.2, 0.25) is 0 Å². The van der Waals surface area contributed by atoms with Crippen LogP contribution in [0.1, 0.15) is 25.0 Å². The molecule has 29 heavy (non-hydrogen) atoms. The summed E-state index contributed by atoms with van der Waals surface area (Å²) >= 11 is 0. The predicted octanol–water partition coefficient (Wildman–Crippen LogP) is 6.23. The van der Waals surface area contributed by atoms with E-state index in [9.17, 15) is 0 Å². The molecule has 1 aromatic heterocycles. The number of nitrogens with zero attached hydrogens (tertiary/aromatic N) is 1. The second kappa shape index (κ2) is 6.35. The summed E-state index contributed by atoms with van der Waals surface area (Å²) in [5.41, 5.74) is 8.47. The molecule has 0 aliphatic heterocycles. The fourth-order valence-corrected chi connectivity index (χ4v) is 4.46. The molecule has 1 aliphatic rings. The highest BCUT2D eigenvalue weighted by atomic mass is 16.5. The van der Waals surface area contributed by atoms with Gasteiger partial charge in [-0.05, 0) is 69.8 Å². The fraction of sp³-hybridized carbons (Fsp3) is 0.192. The lowest BCUT2D eigenvalue weighted by atomic mass is 9.81. The highest BCUT2D eigenvalue weighted by Crippen LogP contribution is 2.50. The van der Waals surface area contributed by atoms with E-state index in [0.29, 0.717) is 0 Å². The van der Waals surface area contributed by atoms with Gasteiger partial charge in [-0.3, -0.25) is 4.98 Å². The Hall–Kier alpha value is -3.33. The predicted molar refractivity (Wildman–Crippen MR) is 118 cm³/mol. The number of rotatable bonds is 3. The van der Waals surface area contributed by atoms with Gasteiger partial charge in [0.1, 0.15) is 11.5 Å². The second-order valence-corrected chi connectivity index (χ2v) is 8.08. The third kappa shape index (κ3) is 2.69. The van der Waals surface area contributed by atoms with Gasteiger partial charge in [-0.15, -0.1) is 0 Å². The van der Waals surface area contributed by atoms with Crippen LogP contribution >= 0.6 is 0 Å². The lowest BCUT2D eigenvalue weighted by Gasteiger charge is -2.22. The molecule has 3 aromatic carbocycles. The average molecular weight is 381 g/mol. The van der Waals surface area contributed by atoms with E-state index in [-0.39, 0.29) is 5.41 Å². The van der Waals surface area contributed by atoms with Crippen molar-refractivity contribution in [3.63, 3.8) is 0 Å². The van der Waals surface area contributed by atoms with Crippen molar-refractivity contribution in [1.82, 2.24) is 4.98 Å². The van der Waals surface area contributed by atoms with Crippen molar-refractivity contribution in [3.8, 4) is 33.8 Å². The monoisotopic (exact) mass is 381 g/mol. The summed E-state index contributed by atoms with van der Waals surface area (Å²) in [7, 11) is 3.36. The van der Waals surface area contributed by atoms with E-state index >= 15 is 0 Å². The SMILES string of the molecule is COc1cc(OC)cc(-c2ccc3c(c2)C(C)(C)c2cc4ncccc4cc2-3)c1. The van der Waals surface area contributed by atoms with Crippen LogP contribution in [0.4, 0.5) is 0 Å². The van der Waals surface area contributed by atoms with Gasteiger partial charge in [-0.2, -0.15) is 0 Å². The van der Waals surface area contributed by atoms with Crippen LogP contribution in [0.3, 0.4) is 0 Å². The first-order valence-corrected chi connectivity index (χ1v) is 9.79. The van der Waals surface area contributed by atoms with Crippen molar-refractivity contribution in [1.29, 1.82) is 0 Å². The Morgan fingerprint density at radius 3 is 2.17 bits per heavy atom. The van der Waals surface area contributed by atoms with Gasteiger partial charge < -0.3 is 9.47 Å². The van der Waals surface area contributed by atoms with Crippen LogP contribution in [0.5, 0.6) is 11.5 Å². The molecule has 1 heterocycles. The summed E-state index contributed by atoms with van der Waals surface area (Å²) in [6, 6.07) is 21.4. The van der Waals surface area contributed by atoms with Crippen molar-refractivity contribution in [2.75, 3.05) is 14.2 Å². The van der Waals surface area contributed by atoms with E-state index in [4.69, 9.17) is 9.47 Å². The zero-order valence-electron chi connectivity index (χ0n) is 17.1. The number of hydrogen-bond acceptors (Lipinski definition) is 3. The fourth-order valence-electron chi connectivity index (χ4n) is 4.46. The van der Waals surface area contributed by atoms with Crippen molar-refractivity contribution in [2.45, 2.75) is 19.3 Å². The number of fused-ring (bicyclic) bond motifs is 4. The van der Waals surface area contributed by atoms with Crippen molar-refractivity contribution in [2.24, 2.45) is 0 Å². The largest absolute Gasteiger partial charge is 0.497 e. The Balaban J connectivity index is 1.70. The topological polar surface area (TPSA) is 31.4 Å². The highest BCUT2D eigenvalue weighted by molar-refractivity contribution is 5.92. The van der Waals surface area contributed by atoms with Gasteiger partial charge in [-0.1, -0.05) is 32.0 Å². The van der Waals surface area contributed by atoms with E-state index in [2.05, 4.69) is 67.4 Å². The number of pyridine rings is 1. The maximum absolute atomic E-state index is 5.46. The summed E-state index contributed by atoms with van der Waals surface area (Å²) in [5, 5.41) is 1.18. The molecule has 1 aliphatic carbocycles. The molecule has 3 nitrogen and oxygen atoms in total. The molecule has 144 valence electrons. The van der Waals surface area contributed by atoms with Gasteiger partial charge in [0, 0.05) is 23.1 Å². The quantitative estimate of drug-likeness (QED) is 0.422. The molecule has 0 saturated heterocycles. The van der Waals surface area contributed by atoms with E-state index in [1.807, 2.05) is 18.3 Å². The molecule has 0 atom stereocenters. The lowest BCUT2D eigenvalue weighted by Crippen LogP contribution is -2.15. The molecule has 0 spiro atoms. The maximum atomic E-state index is 5.46. The molecular formula is C26H23NO2. The Morgan fingerprint density at radius 1 is 0.724 bits per heavy atom. The summed E-state index contributed by atoms with van der Waals surface area (Å²) in [6.07, 6.45) is 1.86. The van der Waals surface area contributed by atoms with Crippen LogP contribution in [-0.2, 0) is 5.41 Å². The second-order valence-electron chi connectivity index (χ2n) is 8.08. The number of benzene rings is 3. The summed E-state index contributed by atoms with van der Waals surface area (Å²) in [6.45, 7) is 4.59. The van der Waals surface area contributed by atoms with Gasteiger partial charge in [-0.25, -0.2) is 0 Å². The molecule has 5 rings (SSSR count). The normalized spacial score (nSPS) is 13.8. The van der Waals surface area contributed by atoms with E-state index in [1.54, 1.807) is 14.2 Å². The molecular weight excluding hydrogens is 358 g/mol. The average Bonchev–Trinajstić information content (AvgIpc) is 2.98. The highest BCUT2D eigenvalue weighted by Gasteiger charge is 2.36. The van der Waals surface area contributed by atoms with Crippen molar-refractivity contribution >= 4 is 10.9 Å². The van der Waals surface area contributed by atoms with Gasteiger partial charge in [0.05, 0.1) is 19.7 Å². The Kier molecular flexibility index (Phi) is 3.88. The molecule has 0 radical (unpaired) electrons. The zero-order valence-corrected chi connectivity index (χ0v) is 17.1. The zero-order chi connectivity index (χ0) is 20.2. The smallest absolute Gasteiger partial charge is 0.123 e. The Labute approximate surface area is 170 Å². The van der Waals surface area contributed by atoms with Gasteiger partial charge >= 0.3 is 0 Å². The minimum Gasteiger partial charge on any atom is -0.497 e. The van der Waals surface area contributed by atoms with Crippen molar-refractivity contribution in [3.05, 3.63) is 78.0 Å². The number of hydrogen-bond donors (Lipinski definition) is 0. The lowest BCUT2D eigenvalue weighted by molar-refractivity contribution is 0.394. The Morgan fingerprint density at radius 2 is 1.45 bits per heavy atom. The van der Waals surface area contributed by atoms with Crippen LogP contribution in [0.15, 0.2) is 66.9 Å². The maximum Gasteiger partial charge on any atom is 0.123 e. The van der Waals surface area contributed by atoms with E-state index in [1.165, 1.54) is 27.6 Å². The minimum absolute atomic E-state index is 0.0880. The van der Waals surface area contributed by atoms with Crippen LogP contribution in [-0.4, -0.2) is 19.2 Å². The van der Waals surface area contributed by atoms with Gasteiger partial charge in [0.2, 0.25) is 0 Å². The minimum atomic E-state index is -0.0880. The van der Waals surface area contributed by atoms with E-state index < -0.39 is 0 Å². The van der Waals surface area contributed by atoms with Crippen molar-refractivity contribution < 1.29 is 9.47 Å². The molecule has 0 fully saturated rings. The molecule has 4 aromatic rings. The number of aromatic nitrogens is 1. The van der Waals surface area contributed by atoms with Gasteiger partial charge in [0.25, 0.3) is 0 Å². The first-order valence-electron chi connectivity index (χ1n) is 9.79. The summed E-state index contributed by atoms with van der Waals surface area (Å²) < 4.78 is 10.9. The van der Waals surface area contributed by atoms with Crippen LogP contribution < -0.4 is 9.47 Å². The molecule has 3 heteroatoms. The van der Waals surface area contributed by atoms with Gasteiger partial charge in [0.15, 0.2) is 0 Å². The molecule has 0 unspecified atom stereocenters. The molecule has 0 N–H and O–H groups in total. The standard InChI is InChI=1S/C26H23NO2/c1-26(2)23-13-16(18-10-19(28-3)14-20(11-18)29-4)7-8-21(23)22-12-17-6-5-9-27-25(17)15-24(22)26/h5-15H,1-4H3. The third-order valence-electron chi connectivity index (χ3n) is 6.08.